The van der Waals surface area contributed by atoms with E-state index in [1.807, 2.05) is 6.92 Å². The Bertz CT molecular complexity index is 540. The van der Waals surface area contributed by atoms with E-state index in [2.05, 4.69) is 9.98 Å². The summed E-state index contributed by atoms with van der Waals surface area (Å²) in [6.45, 7) is 1.97. The van der Waals surface area contributed by atoms with Crippen LogP contribution in [0, 0.1) is 0 Å². The van der Waals surface area contributed by atoms with Gasteiger partial charge >= 0.3 is 5.97 Å². The third kappa shape index (κ3) is 5.32. The van der Waals surface area contributed by atoms with E-state index in [0.717, 1.165) is 25.0 Å². The monoisotopic (exact) mass is 328 g/mol. The van der Waals surface area contributed by atoms with Gasteiger partial charge in [-0.15, -0.1) is 0 Å². The summed E-state index contributed by atoms with van der Waals surface area (Å²) in [7, 11) is 0. The maximum atomic E-state index is 11.6. The highest BCUT2D eigenvalue weighted by atomic mass is 32.1. The predicted molar refractivity (Wildman–Crippen MR) is 83.2 cm³/mol. The molecule has 1 unspecified atom stereocenters. The van der Waals surface area contributed by atoms with Crippen molar-refractivity contribution in [2.24, 2.45) is 16.5 Å². The first-order valence-electron chi connectivity index (χ1n) is 6.84. The van der Waals surface area contributed by atoms with E-state index in [1.54, 1.807) is 0 Å². The number of hydrogen-bond donors (Lipinski definition) is 3. The Labute approximate surface area is 132 Å². The summed E-state index contributed by atoms with van der Waals surface area (Å²) in [6.07, 6.45) is 3.37. The van der Waals surface area contributed by atoms with Crippen LogP contribution in [0.4, 0.5) is 5.13 Å². The smallest absolute Gasteiger partial charge is 0.306 e. The lowest BCUT2D eigenvalue weighted by atomic mass is 9.88. The van der Waals surface area contributed by atoms with Gasteiger partial charge in [-0.2, -0.15) is 4.99 Å². The molecular weight excluding hydrogens is 308 g/mol. The first-order valence-corrected chi connectivity index (χ1v) is 7.66. The molecule has 5 N–H and O–H groups in total. The van der Waals surface area contributed by atoms with Gasteiger partial charge in [-0.3, -0.25) is 9.59 Å². The second-order valence-corrected chi connectivity index (χ2v) is 5.61. The number of rotatable bonds is 4. The minimum Gasteiger partial charge on any atom is -0.483 e. The number of nitrogens with two attached hydrogens (primary N) is 2. The van der Waals surface area contributed by atoms with Crippen molar-refractivity contribution in [3.8, 4) is 0 Å². The summed E-state index contributed by atoms with van der Waals surface area (Å²) in [4.78, 5) is 29.6. The van der Waals surface area contributed by atoms with Gasteiger partial charge in [0.05, 0.1) is 18.7 Å². The fraction of sp³-hybridized carbons (Fsp3) is 0.538. The standard InChI is InChI=1S/C12H18N4O2S.CH2O2/c1-2-18-9(17)6-7-4-3-5-8-10(7)15-12(19-8)16-11(13)14;2-1-3/h7H,2-6H2,1H3,(H4,13,14,15,16);1H,(H,2,3). The van der Waals surface area contributed by atoms with Gasteiger partial charge in [0.2, 0.25) is 5.13 Å². The highest BCUT2D eigenvalue weighted by molar-refractivity contribution is 7.15. The summed E-state index contributed by atoms with van der Waals surface area (Å²) in [5, 5.41) is 7.46. The zero-order valence-corrected chi connectivity index (χ0v) is 13.1. The lowest BCUT2D eigenvalue weighted by Crippen LogP contribution is -2.21. The van der Waals surface area contributed by atoms with Gasteiger partial charge in [0.1, 0.15) is 0 Å². The van der Waals surface area contributed by atoms with Crippen molar-refractivity contribution < 1.29 is 19.4 Å². The van der Waals surface area contributed by atoms with Crippen LogP contribution in [0.2, 0.25) is 0 Å². The van der Waals surface area contributed by atoms with Gasteiger partial charge in [-0.05, 0) is 26.2 Å². The molecule has 0 saturated carbocycles. The summed E-state index contributed by atoms with van der Waals surface area (Å²) >= 11 is 1.50. The van der Waals surface area contributed by atoms with Crippen molar-refractivity contribution in [2.45, 2.75) is 38.5 Å². The number of esters is 1. The molecule has 0 saturated heterocycles. The molecule has 1 atom stereocenters. The van der Waals surface area contributed by atoms with Gasteiger partial charge < -0.3 is 21.3 Å². The number of nitrogens with zero attached hydrogens (tertiary/aromatic N) is 2. The van der Waals surface area contributed by atoms with E-state index in [9.17, 15) is 4.79 Å². The Kier molecular flexibility index (Phi) is 7.30. The summed E-state index contributed by atoms with van der Waals surface area (Å²) in [5.41, 5.74) is 11.7. The largest absolute Gasteiger partial charge is 0.483 e. The average Bonchev–Trinajstić information content (AvgIpc) is 2.82. The molecule has 0 fully saturated rings. The van der Waals surface area contributed by atoms with E-state index < -0.39 is 0 Å². The normalized spacial score (nSPS) is 15.8. The minimum absolute atomic E-state index is 0.00744. The van der Waals surface area contributed by atoms with Gasteiger partial charge in [0, 0.05) is 10.8 Å². The lowest BCUT2D eigenvalue weighted by molar-refractivity contribution is -0.143. The van der Waals surface area contributed by atoms with Crippen molar-refractivity contribution in [1.82, 2.24) is 4.98 Å². The number of aromatic nitrogens is 1. The van der Waals surface area contributed by atoms with Crippen molar-refractivity contribution in [3.63, 3.8) is 0 Å². The SMILES string of the molecule is CCOC(=O)CC1CCCc2sc(N=C(N)N)nc21.O=CO. The third-order valence-electron chi connectivity index (χ3n) is 3.00. The molecule has 1 aromatic rings. The van der Waals surface area contributed by atoms with Crippen molar-refractivity contribution in [1.29, 1.82) is 0 Å². The van der Waals surface area contributed by atoms with Crippen LogP contribution in [0.1, 0.15) is 42.7 Å². The van der Waals surface area contributed by atoms with Crippen LogP contribution >= 0.6 is 11.3 Å². The van der Waals surface area contributed by atoms with E-state index in [1.165, 1.54) is 16.2 Å². The molecule has 122 valence electrons. The molecule has 1 aliphatic rings. The number of guanidine groups is 1. The topological polar surface area (TPSA) is 141 Å². The number of hydrogen-bond acceptors (Lipinski definition) is 6. The van der Waals surface area contributed by atoms with Crippen LogP contribution in [0.5, 0.6) is 0 Å². The number of ether oxygens (including phenoxy) is 1. The minimum atomic E-state index is -0.250. The van der Waals surface area contributed by atoms with Crippen molar-refractivity contribution in [3.05, 3.63) is 10.6 Å². The zero-order chi connectivity index (χ0) is 16.5. The average molecular weight is 328 g/mol. The molecule has 1 aliphatic carbocycles. The number of carbonyl (C=O) groups excluding carboxylic acids is 1. The maximum Gasteiger partial charge on any atom is 0.306 e. The summed E-state index contributed by atoms with van der Waals surface area (Å²) in [6, 6.07) is 0. The lowest BCUT2D eigenvalue weighted by Gasteiger charge is -2.19. The number of carboxylic acid groups (broad SMARTS) is 1. The van der Waals surface area contributed by atoms with Gasteiger partial charge in [-0.25, -0.2) is 4.98 Å². The van der Waals surface area contributed by atoms with Crippen LogP contribution in [-0.2, 0) is 20.7 Å². The Morgan fingerprint density at radius 1 is 1.59 bits per heavy atom. The number of carbonyl (C=O) groups is 2. The highest BCUT2D eigenvalue weighted by Gasteiger charge is 2.27. The first-order chi connectivity index (χ1) is 10.5. The molecule has 2 rings (SSSR count). The number of thiazole rings is 1. The fourth-order valence-electron chi connectivity index (χ4n) is 2.27. The van der Waals surface area contributed by atoms with Crippen LogP contribution in [0.3, 0.4) is 0 Å². The number of aliphatic imine (C=N–C) groups is 1. The van der Waals surface area contributed by atoms with Crippen molar-refractivity contribution in [2.75, 3.05) is 6.61 Å². The van der Waals surface area contributed by atoms with Gasteiger partial charge in [0.15, 0.2) is 5.96 Å². The molecule has 1 aromatic heterocycles. The Balaban J connectivity index is 0.000000745. The molecule has 0 bridgehead atoms. The fourth-order valence-corrected chi connectivity index (χ4v) is 3.35. The Morgan fingerprint density at radius 2 is 2.27 bits per heavy atom. The van der Waals surface area contributed by atoms with E-state index in [0.29, 0.717) is 18.2 Å². The second-order valence-electron chi connectivity index (χ2n) is 4.55. The predicted octanol–water partition coefficient (Wildman–Crippen LogP) is 1.12. The third-order valence-corrected chi connectivity index (χ3v) is 4.03. The Morgan fingerprint density at radius 3 is 2.86 bits per heavy atom. The van der Waals surface area contributed by atoms with E-state index >= 15 is 0 Å². The molecule has 0 amide bonds. The second kappa shape index (κ2) is 8.98. The molecular formula is C13H20N4O4S. The molecule has 1 heterocycles. The van der Waals surface area contributed by atoms with Crippen molar-refractivity contribution >= 4 is 34.9 Å². The maximum absolute atomic E-state index is 11.6. The summed E-state index contributed by atoms with van der Waals surface area (Å²) in [5.74, 6) is -0.0354. The first kappa shape index (κ1) is 17.9. The highest BCUT2D eigenvalue weighted by Crippen LogP contribution is 2.39. The molecule has 0 aromatic carbocycles. The van der Waals surface area contributed by atoms with Gasteiger partial charge in [0.25, 0.3) is 6.47 Å². The molecule has 0 aliphatic heterocycles. The van der Waals surface area contributed by atoms with E-state index in [-0.39, 0.29) is 24.3 Å². The van der Waals surface area contributed by atoms with Crippen LogP contribution < -0.4 is 11.5 Å². The number of fused-ring (bicyclic) bond motifs is 1. The zero-order valence-electron chi connectivity index (χ0n) is 12.3. The van der Waals surface area contributed by atoms with Gasteiger partial charge in [-0.1, -0.05) is 11.3 Å². The van der Waals surface area contributed by atoms with Crippen LogP contribution in [0.25, 0.3) is 0 Å². The molecule has 0 radical (unpaired) electrons. The van der Waals surface area contributed by atoms with Crippen LogP contribution in [-0.4, -0.2) is 35.1 Å². The quantitative estimate of drug-likeness (QED) is 0.325. The number of aryl methyl sites for hydroxylation is 1. The molecule has 0 spiro atoms. The molecule has 22 heavy (non-hydrogen) atoms. The molecule has 9 heteroatoms. The van der Waals surface area contributed by atoms with Crippen LogP contribution in [0.15, 0.2) is 4.99 Å². The molecule has 8 nitrogen and oxygen atoms in total. The Hall–Kier alpha value is -2.16. The van der Waals surface area contributed by atoms with E-state index in [4.69, 9.17) is 26.1 Å². The summed E-state index contributed by atoms with van der Waals surface area (Å²) < 4.78 is 5.00.